The van der Waals surface area contributed by atoms with Gasteiger partial charge in [0.25, 0.3) is 5.69 Å². The molecule has 28 heavy (non-hydrogen) atoms. The van der Waals surface area contributed by atoms with Crippen LogP contribution in [0, 0.1) is 10.1 Å². The third kappa shape index (κ3) is 5.15. The van der Waals surface area contributed by atoms with Gasteiger partial charge in [0.2, 0.25) is 0 Å². The average molecular weight is 376 g/mol. The van der Waals surface area contributed by atoms with Crippen molar-refractivity contribution in [3.8, 4) is 11.5 Å². The third-order valence-corrected chi connectivity index (χ3v) is 3.59. The first-order chi connectivity index (χ1) is 13.6. The van der Waals surface area contributed by atoms with Crippen molar-refractivity contribution >= 4 is 23.6 Å². The Labute approximate surface area is 160 Å². The van der Waals surface area contributed by atoms with Crippen LogP contribution in [0.2, 0.25) is 0 Å². The van der Waals surface area contributed by atoms with Gasteiger partial charge in [0.05, 0.1) is 16.8 Å². The quantitative estimate of drug-likeness (QED) is 0.374. The van der Waals surface area contributed by atoms with Crippen molar-refractivity contribution in [2.24, 2.45) is 5.10 Å². The number of carbonyl (C=O) groups is 1. The van der Waals surface area contributed by atoms with Crippen LogP contribution in [0.15, 0.2) is 84.0 Å². The van der Waals surface area contributed by atoms with Crippen molar-refractivity contribution in [2.75, 3.05) is 5.32 Å². The molecule has 0 fully saturated rings. The molecule has 140 valence electrons. The van der Waals surface area contributed by atoms with Crippen LogP contribution in [-0.4, -0.2) is 17.2 Å². The molecule has 0 atom stereocenters. The number of anilines is 1. The van der Waals surface area contributed by atoms with Crippen molar-refractivity contribution in [3.63, 3.8) is 0 Å². The first-order valence-electron chi connectivity index (χ1n) is 8.28. The normalized spacial score (nSPS) is 10.4. The number of amides is 2. The van der Waals surface area contributed by atoms with Crippen LogP contribution in [0.3, 0.4) is 0 Å². The van der Waals surface area contributed by atoms with Gasteiger partial charge in [-0.3, -0.25) is 10.1 Å². The highest BCUT2D eigenvalue weighted by Gasteiger charge is 2.08. The van der Waals surface area contributed by atoms with E-state index in [1.165, 1.54) is 30.5 Å². The highest BCUT2D eigenvalue weighted by molar-refractivity contribution is 5.91. The second-order valence-corrected chi connectivity index (χ2v) is 5.58. The van der Waals surface area contributed by atoms with Gasteiger partial charge >= 0.3 is 6.03 Å². The van der Waals surface area contributed by atoms with Gasteiger partial charge in [-0.15, -0.1) is 0 Å². The summed E-state index contributed by atoms with van der Waals surface area (Å²) in [7, 11) is 0. The van der Waals surface area contributed by atoms with E-state index in [1.807, 2.05) is 30.3 Å². The molecule has 0 aromatic heterocycles. The van der Waals surface area contributed by atoms with Gasteiger partial charge in [0.15, 0.2) is 5.75 Å². The fourth-order valence-electron chi connectivity index (χ4n) is 2.27. The minimum Gasteiger partial charge on any atom is -0.455 e. The third-order valence-electron chi connectivity index (χ3n) is 3.59. The number of para-hydroxylation sites is 3. The number of nitrogens with one attached hydrogen (secondary N) is 2. The summed E-state index contributed by atoms with van der Waals surface area (Å²) in [5.41, 5.74) is 3.41. The largest absolute Gasteiger partial charge is 0.455 e. The van der Waals surface area contributed by atoms with Crippen LogP contribution in [0.1, 0.15) is 5.56 Å². The number of ether oxygens (including phenoxy) is 1. The number of nitrogens with zero attached hydrogens (tertiary/aromatic N) is 2. The van der Waals surface area contributed by atoms with Crippen molar-refractivity contribution in [3.05, 3.63) is 94.5 Å². The van der Waals surface area contributed by atoms with Crippen molar-refractivity contribution in [1.82, 2.24) is 5.43 Å². The van der Waals surface area contributed by atoms with E-state index in [9.17, 15) is 14.9 Å². The second kappa shape index (κ2) is 8.95. The molecule has 2 N–H and O–H groups in total. The Hall–Kier alpha value is -4.20. The summed E-state index contributed by atoms with van der Waals surface area (Å²) in [5.74, 6) is 1.14. The van der Waals surface area contributed by atoms with Gasteiger partial charge in [-0.2, -0.15) is 5.10 Å². The van der Waals surface area contributed by atoms with E-state index in [0.29, 0.717) is 22.7 Å². The molecular formula is C20H16N4O4. The zero-order valence-electron chi connectivity index (χ0n) is 14.6. The number of carbonyl (C=O) groups excluding carboxylic acids is 1. The Morgan fingerprint density at radius 2 is 1.64 bits per heavy atom. The molecule has 2 amide bonds. The number of nitro groups is 1. The van der Waals surface area contributed by atoms with Crippen LogP contribution in [0.25, 0.3) is 0 Å². The number of rotatable bonds is 6. The molecule has 3 aromatic carbocycles. The summed E-state index contributed by atoms with van der Waals surface area (Å²) in [5, 5.41) is 17.1. The Bertz CT molecular complexity index is 989. The maximum absolute atomic E-state index is 12.1. The number of hydrogen-bond acceptors (Lipinski definition) is 5. The molecule has 0 radical (unpaired) electrons. The lowest BCUT2D eigenvalue weighted by Gasteiger charge is -2.11. The second-order valence-electron chi connectivity index (χ2n) is 5.58. The highest BCUT2D eigenvalue weighted by atomic mass is 16.6. The SMILES string of the molecule is O=C(N/N=C/c1ccc([N+](=O)[O-])cc1)Nc1ccccc1Oc1ccccc1. The fraction of sp³-hybridized carbons (Fsp3) is 0. The minimum atomic E-state index is -0.553. The van der Waals surface area contributed by atoms with Gasteiger partial charge in [0, 0.05) is 12.1 Å². The van der Waals surface area contributed by atoms with E-state index in [1.54, 1.807) is 24.3 Å². The van der Waals surface area contributed by atoms with Crippen molar-refractivity contribution in [1.29, 1.82) is 0 Å². The molecule has 0 heterocycles. The Balaban J connectivity index is 1.60. The van der Waals surface area contributed by atoms with E-state index in [2.05, 4.69) is 15.8 Å². The molecule has 0 aliphatic rings. The van der Waals surface area contributed by atoms with Crippen LogP contribution >= 0.6 is 0 Å². The fourth-order valence-corrected chi connectivity index (χ4v) is 2.27. The molecule has 0 bridgehead atoms. The minimum absolute atomic E-state index is 0.0159. The standard InChI is InChI=1S/C20H16N4O4/c25-20(23-21-14-15-10-12-16(13-11-15)24(26)27)22-18-8-4-5-9-19(18)28-17-6-2-1-3-7-17/h1-14H,(H2,22,23,25)/b21-14+. The molecule has 0 unspecified atom stereocenters. The maximum Gasteiger partial charge on any atom is 0.339 e. The van der Waals surface area contributed by atoms with E-state index in [0.717, 1.165) is 0 Å². The lowest BCUT2D eigenvalue weighted by Crippen LogP contribution is -2.24. The summed E-state index contributed by atoms with van der Waals surface area (Å²) < 4.78 is 5.78. The highest BCUT2D eigenvalue weighted by Crippen LogP contribution is 2.28. The molecule has 0 aliphatic carbocycles. The predicted octanol–water partition coefficient (Wildman–Crippen LogP) is 4.54. The topological polar surface area (TPSA) is 106 Å². The van der Waals surface area contributed by atoms with E-state index in [-0.39, 0.29) is 5.69 Å². The van der Waals surface area contributed by atoms with Gasteiger partial charge in [-0.05, 0) is 42.0 Å². The number of urea groups is 1. The monoisotopic (exact) mass is 376 g/mol. The lowest BCUT2D eigenvalue weighted by atomic mass is 10.2. The molecule has 8 nitrogen and oxygen atoms in total. The van der Waals surface area contributed by atoms with Gasteiger partial charge in [-0.25, -0.2) is 10.2 Å². The van der Waals surface area contributed by atoms with E-state index in [4.69, 9.17) is 4.74 Å². The smallest absolute Gasteiger partial charge is 0.339 e. The molecule has 3 rings (SSSR count). The Morgan fingerprint density at radius 1 is 0.964 bits per heavy atom. The Morgan fingerprint density at radius 3 is 2.36 bits per heavy atom. The molecule has 0 saturated carbocycles. The van der Waals surface area contributed by atoms with E-state index < -0.39 is 11.0 Å². The van der Waals surface area contributed by atoms with Crippen molar-refractivity contribution in [2.45, 2.75) is 0 Å². The molecule has 0 spiro atoms. The molecule has 0 saturated heterocycles. The molecular weight excluding hydrogens is 360 g/mol. The summed E-state index contributed by atoms with van der Waals surface area (Å²) >= 11 is 0. The van der Waals surface area contributed by atoms with E-state index >= 15 is 0 Å². The maximum atomic E-state index is 12.1. The van der Waals surface area contributed by atoms with Gasteiger partial charge in [0.1, 0.15) is 5.75 Å². The molecule has 3 aromatic rings. The van der Waals surface area contributed by atoms with Crippen LogP contribution in [-0.2, 0) is 0 Å². The zero-order valence-corrected chi connectivity index (χ0v) is 14.6. The number of hydrazone groups is 1. The summed E-state index contributed by atoms with van der Waals surface area (Å²) in [4.78, 5) is 22.2. The first kappa shape index (κ1) is 18.6. The van der Waals surface area contributed by atoms with Gasteiger partial charge < -0.3 is 10.1 Å². The summed E-state index contributed by atoms with van der Waals surface area (Å²) in [6.07, 6.45) is 1.38. The number of non-ortho nitro benzene ring substituents is 1. The molecule has 8 heteroatoms. The predicted molar refractivity (Wildman–Crippen MR) is 106 cm³/mol. The zero-order chi connectivity index (χ0) is 19.8. The number of benzene rings is 3. The first-order valence-corrected chi connectivity index (χ1v) is 8.28. The summed E-state index contributed by atoms with van der Waals surface area (Å²) in [6.45, 7) is 0. The van der Waals surface area contributed by atoms with Gasteiger partial charge in [-0.1, -0.05) is 30.3 Å². The number of nitro benzene ring substituents is 1. The average Bonchev–Trinajstić information content (AvgIpc) is 2.71. The molecule has 0 aliphatic heterocycles. The van der Waals surface area contributed by atoms with Crippen LogP contribution in [0.4, 0.5) is 16.2 Å². The summed E-state index contributed by atoms with van der Waals surface area (Å²) in [6, 6.07) is 21.5. The van der Waals surface area contributed by atoms with Crippen molar-refractivity contribution < 1.29 is 14.5 Å². The Kier molecular flexibility index (Phi) is 5.94. The van der Waals surface area contributed by atoms with Crippen LogP contribution < -0.4 is 15.5 Å². The lowest BCUT2D eigenvalue weighted by molar-refractivity contribution is -0.384. The number of hydrogen-bond donors (Lipinski definition) is 2. The van der Waals surface area contributed by atoms with Crippen LogP contribution in [0.5, 0.6) is 11.5 Å².